The maximum Gasteiger partial charge on any atom is 0.126 e. The van der Waals surface area contributed by atoms with Crippen LogP contribution in [0.2, 0.25) is 0 Å². The van der Waals surface area contributed by atoms with Crippen molar-refractivity contribution in [2.24, 2.45) is 11.8 Å². The van der Waals surface area contributed by atoms with Gasteiger partial charge in [-0.3, -0.25) is 0 Å². The molecule has 0 radical (unpaired) electrons. The molecule has 1 fully saturated rings. The van der Waals surface area contributed by atoms with E-state index in [1.165, 1.54) is 24.0 Å². The van der Waals surface area contributed by atoms with E-state index in [2.05, 4.69) is 54.2 Å². The number of benzene rings is 1. The number of aryl methyl sites for hydroxylation is 1. The van der Waals surface area contributed by atoms with E-state index in [1.54, 1.807) is 0 Å². The highest BCUT2D eigenvalue weighted by Crippen LogP contribution is 2.33. The van der Waals surface area contributed by atoms with Crippen molar-refractivity contribution in [3.05, 3.63) is 27.7 Å². The molecule has 1 N–H and O–H groups in total. The zero-order valence-corrected chi connectivity index (χ0v) is 13.7. The van der Waals surface area contributed by atoms with E-state index >= 15 is 0 Å². The first kappa shape index (κ1) is 14.9. The summed E-state index contributed by atoms with van der Waals surface area (Å²) in [6, 6.07) is 4.30. The second kappa shape index (κ2) is 6.76. The predicted molar refractivity (Wildman–Crippen MR) is 83.6 cm³/mol. The lowest BCUT2D eigenvalue weighted by atomic mass is 10.1. The van der Waals surface area contributed by atoms with Gasteiger partial charge in [-0.05, 0) is 55.8 Å². The Balaban J connectivity index is 2.03. The average Bonchev–Trinajstić information content (AvgIpc) is 3.11. The lowest BCUT2D eigenvalue weighted by molar-refractivity contribution is 0.294. The lowest BCUT2D eigenvalue weighted by Crippen LogP contribution is -2.19. The molecule has 2 rings (SSSR count). The molecule has 0 spiro atoms. The fourth-order valence-electron chi connectivity index (χ4n) is 2.12. The van der Waals surface area contributed by atoms with Crippen molar-refractivity contribution in [2.45, 2.75) is 40.2 Å². The highest BCUT2D eigenvalue weighted by molar-refractivity contribution is 9.10. The lowest BCUT2D eigenvalue weighted by Gasteiger charge is -2.16. The van der Waals surface area contributed by atoms with Crippen LogP contribution >= 0.6 is 15.9 Å². The first-order valence-corrected chi connectivity index (χ1v) is 7.98. The van der Waals surface area contributed by atoms with E-state index in [0.717, 1.165) is 35.8 Å². The Morgan fingerprint density at radius 1 is 1.37 bits per heavy atom. The van der Waals surface area contributed by atoms with Gasteiger partial charge < -0.3 is 10.1 Å². The topological polar surface area (TPSA) is 21.3 Å². The van der Waals surface area contributed by atoms with E-state index in [0.29, 0.717) is 5.92 Å². The van der Waals surface area contributed by atoms with Crippen LogP contribution in [0.1, 0.15) is 37.8 Å². The largest absolute Gasteiger partial charge is 0.493 e. The zero-order chi connectivity index (χ0) is 13.8. The van der Waals surface area contributed by atoms with E-state index in [1.807, 2.05) is 0 Å². The molecule has 1 aliphatic carbocycles. The van der Waals surface area contributed by atoms with Crippen molar-refractivity contribution < 1.29 is 4.74 Å². The van der Waals surface area contributed by atoms with Crippen LogP contribution in [0, 0.1) is 18.8 Å². The molecule has 0 saturated heterocycles. The molecule has 106 valence electrons. The number of ether oxygens (including phenoxy) is 1. The summed E-state index contributed by atoms with van der Waals surface area (Å²) in [5, 5.41) is 3.50. The van der Waals surface area contributed by atoms with Crippen LogP contribution in [0.4, 0.5) is 0 Å². The Kier molecular flexibility index (Phi) is 5.28. The number of hydrogen-bond acceptors (Lipinski definition) is 2. The molecule has 0 aliphatic heterocycles. The van der Waals surface area contributed by atoms with Crippen LogP contribution < -0.4 is 10.1 Å². The third-order valence-electron chi connectivity index (χ3n) is 3.34. The molecule has 0 atom stereocenters. The zero-order valence-electron chi connectivity index (χ0n) is 12.1. The van der Waals surface area contributed by atoms with Gasteiger partial charge in [-0.2, -0.15) is 0 Å². The molecule has 1 saturated carbocycles. The summed E-state index contributed by atoms with van der Waals surface area (Å²) in [6.45, 7) is 9.36. The predicted octanol–water partition coefficient (Wildman–Crippen LogP) is 4.29. The van der Waals surface area contributed by atoms with Gasteiger partial charge in [0.05, 0.1) is 6.61 Å². The minimum Gasteiger partial charge on any atom is -0.493 e. The van der Waals surface area contributed by atoms with Crippen molar-refractivity contribution in [3.8, 4) is 5.75 Å². The number of rotatable bonds is 7. The van der Waals surface area contributed by atoms with Crippen LogP contribution in [0.15, 0.2) is 16.6 Å². The standard InChI is InChI=1S/C16H24BrNO/c1-11(2)8-18-9-14-7-15(17)6-12(3)16(14)19-10-13-4-5-13/h6-7,11,13,18H,4-5,8-10H2,1-3H3. The number of halogens is 1. The van der Waals surface area contributed by atoms with Gasteiger partial charge in [0.2, 0.25) is 0 Å². The number of nitrogens with one attached hydrogen (secondary N) is 1. The summed E-state index contributed by atoms with van der Waals surface area (Å²) in [5.41, 5.74) is 2.48. The first-order chi connectivity index (χ1) is 9.06. The molecular weight excluding hydrogens is 302 g/mol. The third kappa shape index (κ3) is 4.81. The molecule has 0 bridgehead atoms. The summed E-state index contributed by atoms with van der Waals surface area (Å²) in [5.74, 6) is 2.54. The minimum absolute atomic E-state index is 0.670. The van der Waals surface area contributed by atoms with Gasteiger partial charge in [-0.1, -0.05) is 29.8 Å². The number of hydrogen-bond donors (Lipinski definition) is 1. The van der Waals surface area contributed by atoms with Gasteiger partial charge in [-0.25, -0.2) is 0 Å². The Hall–Kier alpha value is -0.540. The Morgan fingerprint density at radius 3 is 2.74 bits per heavy atom. The minimum atomic E-state index is 0.670. The van der Waals surface area contributed by atoms with Crippen LogP contribution in [0.25, 0.3) is 0 Å². The van der Waals surface area contributed by atoms with E-state index in [9.17, 15) is 0 Å². The molecule has 1 aromatic rings. The van der Waals surface area contributed by atoms with Crippen molar-refractivity contribution in [1.29, 1.82) is 0 Å². The molecular formula is C16H24BrNO. The quantitative estimate of drug-likeness (QED) is 0.807. The second-order valence-electron chi connectivity index (χ2n) is 5.99. The highest BCUT2D eigenvalue weighted by atomic mass is 79.9. The molecule has 19 heavy (non-hydrogen) atoms. The molecule has 0 aromatic heterocycles. The molecule has 1 aromatic carbocycles. The van der Waals surface area contributed by atoms with Crippen LogP contribution in [-0.2, 0) is 6.54 Å². The van der Waals surface area contributed by atoms with Crippen LogP contribution in [0.5, 0.6) is 5.75 Å². The molecule has 0 unspecified atom stereocenters. The SMILES string of the molecule is Cc1cc(Br)cc(CNCC(C)C)c1OCC1CC1. The Labute approximate surface area is 125 Å². The van der Waals surface area contributed by atoms with E-state index < -0.39 is 0 Å². The van der Waals surface area contributed by atoms with Gasteiger partial charge in [0.15, 0.2) is 0 Å². The summed E-state index contributed by atoms with van der Waals surface area (Å²) in [7, 11) is 0. The van der Waals surface area contributed by atoms with Gasteiger partial charge >= 0.3 is 0 Å². The van der Waals surface area contributed by atoms with Gasteiger partial charge in [0.25, 0.3) is 0 Å². The van der Waals surface area contributed by atoms with E-state index in [-0.39, 0.29) is 0 Å². The maximum atomic E-state index is 6.04. The van der Waals surface area contributed by atoms with Crippen molar-refractivity contribution in [1.82, 2.24) is 5.32 Å². The molecule has 0 amide bonds. The normalized spacial score (nSPS) is 15.0. The van der Waals surface area contributed by atoms with Gasteiger partial charge in [0, 0.05) is 16.6 Å². The molecule has 0 heterocycles. The van der Waals surface area contributed by atoms with Crippen molar-refractivity contribution in [3.63, 3.8) is 0 Å². The third-order valence-corrected chi connectivity index (χ3v) is 3.80. The second-order valence-corrected chi connectivity index (χ2v) is 6.91. The summed E-state index contributed by atoms with van der Waals surface area (Å²) < 4.78 is 7.17. The van der Waals surface area contributed by atoms with Crippen molar-refractivity contribution >= 4 is 15.9 Å². The van der Waals surface area contributed by atoms with Crippen molar-refractivity contribution in [2.75, 3.05) is 13.2 Å². The van der Waals surface area contributed by atoms with Gasteiger partial charge in [-0.15, -0.1) is 0 Å². The maximum absolute atomic E-state index is 6.04. The average molecular weight is 326 g/mol. The van der Waals surface area contributed by atoms with E-state index in [4.69, 9.17) is 4.74 Å². The Bertz CT molecular complexity index is 427. The fraction of sp³-hybridized carbons (Fsp3) is 0.625. The summed E-state index contributed by atoms with van der Waals surface area (Å²) in [6.07, 6.45) is 2.66. The fourth-order valence-corrected chi connectivity index (χ4v) is 2.74. The van der Waals surface area contributed by atoms with Crippen LogP contribution in [0.3, 0.4) is 0 Å². The van der Waals surface area contributed by atoms with Gasteiger partial charge in [0.1, 0.15) is 5.75 Å². The molecule has 3 heteroatoms. The highest BCUT2D eigenvalue weighted by Gasteiger charge is 2.22. The Morgan fingerprint density at radius 2 is 2.11 bits per heavy atom. The molecule has 2 nitrogen and oxygen atoms in total. The monoisotopic (exact) mass is 325 g/mol. The summed E-state index contributed by atoms with van der Waals surface area (Å²) >= 11 is 3.58. The molecule has 1 aliphatic rings. The first-order valence-electron chi connectivity index (χ1n) is 7.18. The van der Waals surface area contributed by atoms with Crippen LogP contribution in [-0.4, -0.2) is 13.2 Å². The smallest absolute Gasteiger partial charge is 0.126 e. The summed E-state index contributed by atoms with van der Waals surface area (Å²) in [4.78, 5) is 0.